The first-order chi connectivity index (χ1) is 15.2. The average molecular weight is 471 g/mol. The highest BCUT2D eigenvalue weighted by atomic mass is 79.9. The molecular formula is C25H19BrN4O. The Labute approximate surface area is 187 Å². The number of hydrogen-bond donors (Lipinski definition) is 0. The lowest BCUT2D eigenvalue weighted by molar-refractivity contribution is 0.961. The minimum absolute atomic E-state index is 0.198. The molecule has 2 heterocycles. The van der Waals surface area contributed by atoms with Gasteiger partial charge < -0.3 is 0 Å². The number of hydrogen-bond acceptors (Lipinski definition) is 3. The molecule has 31 heavy (non-hydrogen) atoms. The molecule has 0 amide bonds. The monoisotopic (exact) mass is 470 g/mol. The Hall–Kier alpha value is -3.51. The maximum absolute atomic E-state index is 13.6. The Kier molecular flexibility index (Phi) is 5.00. The van der Waals surface area contributed by atoms with E-state index >= 15 is 0 Å². The number of rotatable bonds is 4. The van der Waals surface area contributed by atoms with Crippen LogP contribution in [-0.2, 0) is 6.42 Å². The first kappa shape index (κ1) is 19.5. The first-order valence-electron chi connectivity index (χ1n) is 10.1. The van der Waals surface area contributed by atoms with Gasteiger partial charge in [0.25, 0.3) is 5.56 Å². The molecule has 0 N–H and O–H groups in total. The van der Waals surface area contributed by atoms with E-state index in [1.165, 1.54) is 5.56 Å². The quantitative estimate of drug-likeness (QED) is 0.345. The third-order valence-electron chi connectivity index (χ3n) is 5.31. The van der Waals surface area contributed by atoms with Gasteiger partial charge in [-0.1, -0.05) is 65.3 Å². The highest BCUT2D eigenvalue weighted by Crippen LogP contribution is 2.24. The van der Waals surface area contributed by atoms with Gasteiger partial charge in [-0.3, -0.25) is 13.9 Å². The molecule has 2 aromatic heterocycles. The number of para-hydroxylation sites is 1. The standard InChI is InChI=1S/C25H19BrN4O/c1-2-17-8-10-18(11-9-17)23-28-24-22(27-16-29(24)20-6-4-3-5-7-20)25(31)30(23)21-14-12-19(26)13-15-21/h3-16H,2H2,1H3. The molecule has 3 aromatic carbocycles. The van der Waals surface area contributed by atoms with Crippen LogP contribution in [0.4, 0.5) is 0 Å². The van der Waals surface area contributed by atoms with Crippen LogP contribution in [0, 0.1) is 0 Å². The fourth-order valence-electron chi connectivity index (χ4n) is 3.64. The summed E-state index contributed by atoms with van der Waals surface area (Å²) in [4.78, 5) is 23.0. The van der Waals surface area contributed by atoms with E-state index in [0.717, 1.165) is 27.8 Å². The zero-order valence-electron chi connectivity index (χ0n) is 16.9. The van der Waals surface area contributed by atoms with Crippen LogP contribution in [0.3, 0.4) is 0 Å². The van der Waals surface area contributed by atoms with Crippen LogP contribution in [0.5, 0.6) is 0 Å². The second-order valence-corrected chi connectivity index (χ2v) is 8.14. The number of aryl methyl sites for hydroxylation is 1. The van der Waals surface area contributed by atoms with Crippen LogP contribution >= 0.6 is 15.9 Å². The molecule has 0 spiro atoms. The number of benzene rings is 3. The normalized spacial score (nSPS) is 11.2. The molecule has 0 aliphatic carbocycles. The van der Waals surface area contributed by atoms with E-state index in [0.29, 0.717) is 17.0 Å². The Bertz CT molecular complexity index is 1420. The van der Waals surface area contributed by atoms with Gasteiger partial charge in [0, 0.05) is 15.7 Å². The maximum Gasteiger partial charge on any atom is 0.286 e. The van der Waals surface area contributed by atoms with Crippen LogP contribution in [0.25, 0.3) is 33.9 Å². The molecular weight excluding hydrogens is 452 g/mol. The van der Waals surface area contributed by atoms with Gasteiger partial charge in [0.05, 0.1) is 5.69 Å². The van der Waals surface area contributed by atoms with Crippen LogP contribution in [-0.4, -0.2) is 19.1 Å². The van der Waals surface area contributed by atoms with Crippen LogP contribution in [0.15, 0.2) is 94.5 Å². The molecule has 5 rings (SSSR count). The summed E-state index contributed by atoms with van der Waals surface area (Å²) in [6.07, 6.45) is 2.61. The maximum atomic E-state index is 13.6. The average Bonchev–Trinajstić information content (AvgIpc) is 3.25. The number of nitrogens with zero attached hydrogens (tertiary/aromatic N) is 4. The van der Waals surface area contributed by atoms with Gasteiger partial charge in [-0.25, -0.2) is 9.97 Å². The molecule has 0 aliphatic heterocycles. The van der Waals surface area contributed by atoms with E-state index in [2.05, 4.69) is 40.0 Å². The number of imidazole rings is 1. The van der Waals surface area contributed by atoms with Gasteiger partial charge in [0.1, 0.15) is 12.2 Å². The van der Waals surface area contributed by atoms with Crippen molar-refractivity contribution >= 4 is 27.1 Å². The van der Waals surface area contributed by atoms with Crippen molar-refractivity contribution in [1.29, 1.82) is 0 Å². The van der Waals surface area contributed by atoms with E-state index in [-0.39, 0.29) is 5.56 Å². The molecule has 0 saturated heterocycles. The Morgan fingerprint density at radius 3 is 2.26 bits per heavy atom. The molecule has 0 aliphatic rings. The number of fused-ring (bicyclic) bond motifs is 1. The van der Waals surface area contributed by atoms with Crippen molar-refractivity contribution in [2.24, 2.45) is 0 Å². The lowest BCUT2D eigenvalue weighted by atomic mass is 10.1. The number of aromatic nitrogens is 4. The van der Waals surface area contributed by atoms with E-state index < -0.39 is 0 Å². The molecule has 5 nitrogen and oxygen atoms in total. The van der Waals surface area contributed by atoms with Crippen LogP contribution in [0.1, 0.15) is 12.5 Å². The van der Waals surface area contributed by atoms with Gasteiger partial charge >= 0.3 is 0 Å². The van der Waals surface area contributed by atoms with Crippen molar-refractivity contribution in [2.45, 2.75) is 13.3 Å². The first-order valence-corrected chi connectivity index (χ1v) is 10.9. The molecule has 5 aromatic rings. The Morgan fingerprint density at radius 2 is 1.58 bits per heavy atom. The van der Waals surface area contributed by atoms with Crippen molar-refractivity contribution in [1.82, 2.24) is 19.1 Å². The summed E-state index contributed by atoms with van der Waals surface area (Å²) >= 11 is 3.47. The fraction of sp³-hybridized carbons (Fsp3) is 0.0800. The lowest BCUT2D eigenvalue weighted by Gasteiger charge is -2.14. The van der Waals surface area contributed by atoms with Crippen LogP contribution < -0.4 is 5.56 Å². The molecule has 0 fully saturated rings. The third kappa shape index (κ3) is 3.49. The van der Waals surface area contributed by atoms with Crippen molar-refractivity contribution in [2.75, 3.05) is 0 Å². The molecule has 0 radical (unpaired) electrons. The van der Waals surface area contributed by atoms with Gasteiger partial charge in [0.2, 0.25) is 0 Å². The number of halogens is 1. The summed E-state index contributed by atoms with van der Waals surface area (Å²) in [5.41, 5.74) is 4.44. The van der Waals surface area contributed by atoms with E-state index in [1.54, 1.807) is 10.9 Å². The predicted molar refractivity (Wildman–Crippen MR) is 127 cm³/mol. The molecule has 0 atom stereocenters. The van der Waals surface area contributed by atoms with E-state index in [1.807, 2.05) is 71.3 Å². The van der Waals surface area contributed by atoms with E-state index in [4.69, 9.17) is 4.98 Å². The zero-order valence-corrected chi connectivity index (χ0v) is 18.5. The molecule has 0 unspecified atom stereocenters. The fourth-order valence-corrected chi connectivity index (χ4v) is 3.91. The van der Waals surface area contributed by atoms with Crippen molar-refractivity contribution in [3.05, 3.63) is 106 Å². The Balaban J connectivity index is 1.82. The largest absolute Gasteiger partial charge is 0.286 e. The van der Waals surface area contributed by atoms with Crippen LogP contribution in [0.2, 0.25) is 0 Å². The van der Waals surface area contributed by atoms with Crippen molar-refractivity contribution < 1.29 is 0 Å². The summed E-state index contributed by atoms with van der Waals surface area (Å²) in [6, 6.07) is 25.6. The SMILES string of the molecule is CCc1ccc(-c2nc3c(ncn3-c3ccccc3)c(=O)n2-c2ccc(Br)cc2)cc1. The molecule has 0 bridgehead atoms. The zero-order chi connectivity index (χ0) is 21.4. The van der Waals surface area contributed by atoms with Gasteiger partial charge in [-0.05, 0) is 48.4 Å². The Morgan fingerprint density at radius 1 is 0.871 bits per heavy atom. The highest BCUT2D eigenvalue weighted by molar-refractivity contribution is 9.10. The minimum atomic E-state index is -0.198. The summed E-state index contributed by atoms with van der Waals surface area (Å²) in [6.45, 7) is 2.12. The van der Waals surface area contributed by atoms with Gasteiger partial charge in [0.15, 0.2) is 11.2 Å². The predicted octanol–water partition coefficient (Wildman–Crippen LogP) is 5.56. The minimum Gasteiger partial charge on any atom is -0.283 e. The summed E-state index contributed by atoms with van der Waals surface area (Å²) in [7, 11) is 0. The molecule has 0 saturated carbocycles. The summed E-state index contributed by atoms with van der Waals surface area (Å²) in [5.74, 6) is 0.583. The summed E-state index contributed by atoms with van der Waals surface area (Å²) in [5, 5.41) is 0. The summed E-state index contributed by atoms with van der Waals surface area (Å²) < 4.78 is 4.44. The second kappa shape index (κ2) is 7.96. The molecule has 6 heteroatoms. The van der Waals surface area contributed by atoms with E-state index in [9.17, 15) is 4.79 Å². The topological polar surface area (TPSA) is 52.7 Å². The smallest absolute Gasteiger partial charge is 0.283 e. The third-order valence-corrected chi connectivity index (χ3v) is 5.84. The molecule has 152 valence electrons. The second-order valence-electron chi connectivity index (χ2n) is 7.23. The lowest BCUT2D eigenvalue weighted by Crippen LogP contribution is -2.22. The van der Waals surface area contributed by atoms with Gasteiger partial charge in [-0.2, -0.15) is 0 Å². The van der Waals surface area contributed by atoms with Gasteiger partial charge in [-0.15, -0.1) is 0 Å². The highest BCUT2D eigenvalue weighted by Gasteiger charge is 2.18. The van der Waals surface area contributed by atoms with Crippen molar-refractivity contribution in [3.8, 4) is 22.8 Å². The van der Waals surface area contributed by atoms with Crippen molar-refractivity contribution in [3.63, 3.8) is 0 Å².